The van der Waals surface area contributed by atoms with Crippen molar-refractivity contribution in [2.24, 2.45) is 0 Å². The van der Waals surface area contributed by atoms with Gasteiger partial charge in [-0.1, -0.05) is 35.5 Å². The quantitative estimate of drug-likeness (QED) is 0.770. The number of hydrogen-bond acceptors (Lipinski definition) is 4. The Kier molecular flexibility index (Phi) is 4.75. The van der Waals surface area contributed by atoms with E-state index in [9.17, 15) is 4.79 Å². The Labute approximate surface area is 151 Å². The number of amides is 1. The SMILES string of the molecule is O=C(NC[C@H]1CCCO1)c1ccc(-n2nncc2-c2ccccc2)cc1. The molecule has 3 aromatic rings. The lowest BCUT2D eigenvalue weighted by atomic mass is 10.1. The van der Waals surface area contributed by atoms with Gasteiger partial charge in [0.1, 0.15) is 0 Å². The maximum absolute atomic E-state index is 12.3. The van der Waals surface area contributed by atoms with Crippen molar-refractivity contribution in [2.45, 2.75) is 18.9 Å². The van der Waals surface area contributed by atoms with Crippen LogP contribution in [-0.4, -0.2) is 40.2 Å². The van der Waals surface area contributed by atoms with Gasteiger partial charge in [-0.2, -0.15) is 0 Å². The van der Waals surface area contributed by atoms with Gasteiger partial charge in [0, 0.05) is 24.3 Å². The molecule has 1 aromatic heterocycles. The van der Waals surface area contributed by atoms with Crippen molar-refractivity contribution in [1.29, 1.82) is 0 Å². The summed E-state index contributed by atoms with van der Waals surface area (Å²) in [6.07, 6.45) is 3.95. The van der Waals surface area contributed by atoms with Crippen LogP contribution in [0.25, 0.3) is 16.9 Å². The third-order valence-electron chi connectivity index (χ3n) is 4.51. The third kappa shape index (κ3) is 3.50. The highest BCUT2D eigenvalue weighted by molar-refractivity contribution is 5.94. The highest BCUT2D eigenvalue weighted by Crippen LogP contribution is 2.21. The fraction of sp³-hybridized carbons (Fsp3) is 0.250. The first-order valence-electron chi connectivity index (χ1n) is 8.77. The lowest BCUT2D eigenvalue weighted by molar-refractivity contribution is 0.0858. The second-order valence-corrected chi connectivity index (χ2v) is 6.29. The molecule has 0 radical (unpaired) electrons. The Hall–Kier alpha value is -2.99. The van der Waals surface area contributed by atoms with E-state index in [1.165, 1.54) is 0 Å². The molecule has 132 valence electrons. The molecule has 1 atom stereocenters. The summed E-state index contributed by atoms with van der Waals surface area (Å²) in [6.45, 7) is 1.35. The Bertz CT molecular complexity index is 868. The fourth-order valence-electron chi connectivity index (χ4n) is 3.10. The van der Waals surface area contributed by atoms with Crippen LogP contribution in [0.2, 0.25) is 0 Å². The first-order valence-corrected chi connectivity index (χ1v) is 8.77. The van der Waals surface area contributed by atoms with Crippen molar-refractivity contribution in [3.05, 3.63) is 66.4 Å². The van der Waals surface area contributed by atoms with Crippen LogP contribution in [0.1, 0.15) is 23.2 Å². The molecule has 1 N–H and O–H groups in total. The van der Waals surface area contributed by atoms with Gasteiger partial charge in [0.15, 0.2) is 0 Å². The van der Waals surface area contributed by atoms with Crippen molar-refractivity contribution in [3.63, 3.8) is 0 Å². The van der Waals surface area contributed by atoms with E-state index in [0.29, 0.717) is 12.1 Å². The minimum absolute atomic E-state index is 0.0890. The predicted octanol–water partition coefficient (Wildman–Crippen LogP) is 2.84. The van der Waals surface area contributed by atoms with Gasteiger partial charge in [0.25, 0.3) is 5.91 Å². The molecule has 2 heterocycles. The number of nitrogens with one attached hydrogen (secondary N) is 1. The Morgan fingerprint density at radius 3 is 2.69 bits per heavy atom. The summed E-state index contributed by atoms with van der Waals surface area (Å²) in [5, 5.41) is 11.1. The first kappa shape index (κ1) is 16.5. The molecule has 4 rings (SSSR count). The summed E-state index contributed by atoms with van der Waals surface area (Å²) in [5.74, 6) is -0.0890. The number of carbonyl (C=O) groups excluding carboxylic acids is 1. The summed E-state index contributed by atoms with van der Waals surface area (Å²) >= 11 is 0. The van der Waals surface area contributed by atoms with E-state index >= 15 is 0 Å². The van der Waals surface area contributed by atoms with Gasteiger partial charge >= 0.3 is 0 Å². The highest BCUT2D eigenvalue weighted by Gasteiger charge is 2.17. The molecule has 0 spiro atoms. The number of aromatic nitrogens is 3. The number of carbonyl (C=O) groups is 1. The molecule has 0 aliphatic carbocycles. The van der Waals surface area contributed by atoms with Crippen LogP contribution in [-0.2, 0) is 4.74 Å². The Morgan fingerprint density at radius 2 is 1.96 bits per heavy atom. The van der Waals surface area contributed by atoms with Crippen LogP contribution in [0.3, 0.4) is 0 Å². The molecule has 6 heteroatoms. The molecule has 0 unspecified atom stereocenters. The molecule has 26 heavy (non-hydrogen) atoms. The molecule has 6 nitrogen and oxygen atoms in total. The van der Waals surface area contributed by atoms with Crippen molar-refractivity contribution in [3.8, 4) is 16.9 Å². The van der Waals surface area contributed by atoms with Crippen LogP contribution in [0, 0.1) is 0 Å². The van der Waals surface area contributed by atoms with Crippen LogP contribution in [0.15, 0.2) is 60.8 Å². The second kappa shape index (κ2) is 7.49. The second-order valence-electron chi connectivity index (χ2n) is 6.29. The first-order chi connectivity index (χ1) is 12.8. The normalized spacial score (nSPS) is 16.5. The van der Waals surface area contributed by atoms with Crippen LogP contribution in [0.5, 0.6) is 0 Å². The van der Waals surface area contributed by atoms with E-state index in [0.717, 1.165) is 36.4 Å². The van der Waals surface area contributed by atoms with Crippen molar-refractivity contribution in [1.82, 2.24) is 20.3 Å². The average molecular weight is 348 g/mol. The van der Waals surface area contributed by atoms with Gasteiger partial charge in [0.05, 0.1) is 23.7 Å². The topological polar surface area (TPSA) is 69.0 Å². The van der Waals surface area contributed by atoms with Gasteiger partial charge < -0.3 is 10.1 Å². The van der Waals surface area contributed by atoms with E-state index in [-0.39, 0.29) is 12.0 Å². The Morgan fingerprint density at radius 1 is 1.15 bits per heavy atom. The van der Waals surface area contributed by atoms with E-state index in [1.807, 2.05) is 42.5 Å². The number of benzene rings is 2. The average Bonchev–Trinajstić information content (AvgIpc) is 3.39. The summed E-state index contributed by atoms with van der Waals surface area (Å²) < 4.78 is 7.30. The molecular formula is C20H20N4O2. The van der Waals surface area contributed by atoms with Crippen LogP contribution >= 0.6 is 0 Å². The Balaban J connectivity index is 1.48. The maximum atomic E-state index is 12.3. The number of hydrogen-bond donors (Lipinski definition) is 1. The molecular weight excluding hydrogens is 328 g/mol. The largest absolute Gasteiger partial charge is 0.376 e. The zero-order chi connectivity index (χ0) is 17.8. The fourth-order valence-corrected chi connectivity index (χ4v) is 3.10. The van der Waals surface area contributed by atoms with E-state index in [4.69, 9.17) is 4.74 Å². The van der Waals surface area contributed by atoms with E-state index < -0.39 is 0 Å². The van der Waals surface area contributed by atoms with E-state index in [1.54, 1.807) is 23.0 Å². The number of rotatable bonds is 5. The maximum Gasteiger partial charge on any atom is 0.251 e. The molecule has 1 amide bonds. The third-order valence-corrected chi connectivity index (χ3v) is 4.51. The smallest absolute Gasteiger partial charge is 0.251 e. The van der Waals surface area contributed by atoms with Crippen molar-refractivity contribution in [2.75, 3.05) is 13.2 Å². The number of nitrogens with zero attached hydrogens (tertiary/aromatic N) is 3. The van der Waals surface area contributed by atoms with Gasteiger partial charge in [-0.15, -0.1) is 5.10 Å². The van der Waals surface area contributed by atoms with Crippen molar-refractivity contribution >= 4 is 5.91 Å². The van der Waals surface area contributed by atoms with Gasteiger partial charge in [-0.05, 0) is 37.1 Å². The summed E-state index contributed by atoms with van der Waals surface area (Å²) in [7, 11) is 0. The lowest BCUT2D eigenvalue weighted by Crippen LogP contribution is -2.31. The van der Waals surface area contributed by atoms with Crippen LogP contribution in [0.4, 0.5) is 0 Å². The summed E-state index contributed by atoms with van der Waals surface area (Å²) in [5.41, 5.74) is 3.42. The van der Waals surface area contributed by atoms with Crippen molar-refractivity contribution < 1.29 is 9.53 Å². The van der Waals surface area contributed by atoms with Crippen LogP contribution < -0.4 is 5.32 Å². The predicted molar refractivity (Wildman–Crippen MR) is 98.1 cm³/mol. The minimum atomic E-state index is -0.0890. The molecule has 2 aromatic carbocycles. The standard InChI is InChI=1S/C20H20N4O2/c25-20(21-13-18-7-4-12-26-18)16-8-10-17(11-9-16)24-19(14-22-23-24)15-5-2-1-3-6-15/h1-3,5-6,8-11,14,18H,4,7,12-13H2,(H,21,25)/t18-/m1/s1. The van der Waals surface area contributed by atoms with Gasteiger partial charge in [-0.3, -0.25) is 4.79 Å². The molecule has 1 aliphatic heterocycles. The summed E-state index contributed by atoms with van der Waals surface area (Å²) in [4.78, 5) is 12.3. The molecule has 1 saturated heterocycles. The lowest BCUT2D eigenvalue weighted by Gasteiger charge is -2.11. The zero-order valence-electron chi connectivity index (χ0n) is 14.3. The monoisotopic (exact) mass is 348 g/mol. The zero-order valence-corrected chi connectivity index (χ0v) is 14.3. The van der Waals surface area contributed by atoms with Gasteiger partial charge in [-0.25, -0.2) is 4.68 Å². The van der Waals surface area contributed by atoms with Gasteiger partial charge in [0.2, 0.25) is 0 Å². The minimum Gasteiger partial charge on any atom is -0.376 e. The molecule has 1 aliphatic rings. The number of ether oxygens (including phenoxy) is 1. The summed E-state index contributed by atoms with van der Waals surface area (Å²) in [6, 6.07) is 17.3. The molecule has 0 bridgehead atoms. The van der Waals surface area contributed by atoms with E-state index in [2.05, 4.69) is 15.6 Å². The highest BCUT2D eigenvalue weighted by atomic mass is 16.5. The molecule has 0 saturated carbocycles. The molecule has 1 fully saturated rings.